The minimum absolute atomic E-state index is 0.193. The molecule has 6 nitrogen and oxygen atoms in total. The summed E-state index contributed by atoms with van der Waals surface area (Å²) in [5.74, 6) is -0.589. The van der Waals surface area contributed by atoms with Crippen LogP contribution in [0.3, 0.4) is 0 Å². The van der Waals surface area contributed by atoms with Gasteiger partial charge in [0, 0.05) is 44.8 Å². The van der Waals surface area contributed by atoms with Crippen LogP contribution in [-0.2, 0) is 17.8 Å². The Bertz CT molecular complexity index is 695. The van der Waals surface area contributed by atoms with Crippen molar-refractivity contribution in [3.05, 3.63) is 53.1 Å². The summed E-state index contributed by atoms with van der Waals surface area (Å²) in [6.45, 7) is 5.01. The highest BCUT2D eigenvalue weighted by molar-refractivity contribution is 5.88. The summed E-state index contributed by atoms with van der Waals surface area (Å²) in [4.78, 5) is 16.3. The molecular formula is C17H21FN4O2. The van der Waals surface area contributed by atoms with Crippen molar-refractivity contribution < 1.29 is 13.9 Å². The molecular weight excluding hydrogens is 311 g/mol. The number of piperazine rings is 1. The zero-order valence-corrected chi connectivity index (χ0v) is 13.7. The number of hydrogen-bond acceptors (Lipinski definition) is 5. The monoisotopic (exact) mass is 332 g/mol. The van der Waals surface area contributed by atoms with Crippen LogP contribution in [0, 0.1) is 5.82 Å². The largest absolute Gasteiger partial charge is 0.464 e. The number of aromatic nitrogens is 2. The highest BCUT2D eigenvalue weighted by Gasteiger charge is 2.21. The third kappa shape index (κ3) is 3.98. The van der Waals surface area contributed by atoms with Gasteiger partial charge in [-0.3, -0.25) is 14.9 Å². The average Bonchev–Trinajstić information content (AvgIpc) is 3.04. The maximum absolute atomic E-state index is 13.3. The van der Waals surface area contributed by atoms with Gasteiger partial charge in [-0.05, 0) is 17.7 Å². The SMILES string of the molecule is COC(=O)c1[nH]ncc1CN1CCN(Cc2cccc(F)c2)CC1. The van der Waals surface area contributed by atoms with Crippen LogP contribution in [0.25, 0.3) is 0 Å². The lowest BCUT2D eigenvalue weighted by Gasteiger charge is -2.34. The Morgan fingerprint density at radius 3 is 2.62 bits per heavy atom. The number of benzene rings is 1. The second-order valence-corrected chi connectivity index (χ2v) is 5.94. The van der Waals surface area contributed by atoms with Crippen molar-refractivity contribution in [2.75, 3.05) is 33.3 Å². The summed E-state index contributed by atoms with van der Waals surface area (Å²) >= 11 is 0. The predicted octanol–water partition coefficient (Wildman–Crippen LogP) is 1.65. The van der Waals surface area contributed by atoms with E-state index in [1.165, 1.54) is 13.2 Å². The summed E-state index contributed by atoms with van der Waals surface area (Å²) in [5.41, 5.74) is 2.26. The number of rotatable bonds is 5. The van der Waals surface area contributed by atoms with E-state index in [4.69, 9.17) is 4.74 Å². The number of hydrogen-bond donors (Lipinski definition) is 1. The van der Waals surface area contributed by atoms with E-state index in [-0.39, 0.29) is 5.82 Å². The van der Waals surface area contributed by atoms with Gasteiger partial charge in [-0.25, -0.2) is 9.18 Å². The average molecular weight is 332 g/mol. The quantitative estimate of drug-likeness (QED) is 0.844. The lowest BCUT2D eigenvalue weighted by atomic mass is 10.1. The van der Waals surface area contributed by atoms with Crippen LogP contribution in [-0.4, -0.2) is 59.3 Å². The van der Waals surface area contributed by atoms with E-state index in [9.17, 15) is 9.18 Å². The van der Waals surface area contributed by atoms with E-state index >= 15 is 0 Å². The van der Waals surface area contributed by atoms with Gasteiger partial charge in [0.1, 0.15) is 11.5 Å². The molecule has 0 radical (unpaired) electrons. The van der Waals surface area contributed by atoms with Gasteiger partial charge < -0.3 is 4.74 Å². The molecule has 1 aromatic heterocycles. The molecule has 1 saturated heterocycles. The Kier molecular flexibility index (Phi) is 5.22. The number of H-pyrrole nitrogens is 1. The number of methoxy groups -OCH3 is 1. The fourth-order valence-corrected chi connectivity index (χ4v) is 2.95. The molecule has 1 aromatic carbocycles. The lowest BCUT2D eigenvalue weighted by molar-refractivity contribution is 0.0590. The molecule has 3 rings (SSSR count). The zero-order chi connectivity index (χ0) is 16.9. The molecule has 7 heteroatoms. The number of aromatic amines is 1. The summed E-state index contributed by atoms with van der Waals surface area (Å²) in [5, 5.41) is 6.63. The number of nitrogens with one attached hydrogen (secondary N) is 1. The Hall–Kier alpha value is -2.25. The summed E-state index contributed by atoms with van der Waals surface area (Å²) in [6.07, 6.45) is 1.67. The summed E-state index contributed by atoms with van der Waals surface area (Å²) in [6, 6.07) is 6.74. The van der Waals surface area contributed by atoms with Gasteiger partial charge in [-0.2, -0.15) is 5.10 Å². The van der Waals surface area contributed by atoms with E-state index in [0.717, 1.165) is 43.9 Å². The normalized spacial score (nSPS) is 16.2. The first kappa shape index (κ1) is 16.6. The van der Waals surface area contributed by atoms with Gasteiger partial charge in [0.2, 0.25) is 0 Å². The number of ether oxygens (including phenoxy) is 1. The van der Waals surface area contributed by atoms with Crippen molar-refractivity contribution >= 4 is 5.97 Å². The van der Waals surface area contributed by atoms with Gasteiger partial charge in [-0.15, -0.1) is 0 Å². The molecule has 1 N–H and O–H groups in total. The number of carbonyl (C=O) groups is 1. The van der Waals surface area contributed by atoms with Crippen molar-refractivity contribution in [1.29, 1.82) is 0 Å². The molecule has 128 valence electrons. The molecule has 2 heterocycles. The van der Waals surface area contributed by atoms with Gasteiger partial charge >= 0.3 is 5.97 Å². The number of nitrogens with zero attached hydrogens (tertiary/aromatic N) is 3. The Balaban J connectivity index is 1.52. The van der Waals surface area contributed by atoms with Crippen LogP contribution in [0.15, 0.2) is 30.5 Å². The third-order valence-corrected chi connectivity index (χ3v) is 4.26. The van der Waals surface area contributed by atoms with Crippen LogP contribution < -0.4 is 0 Å². The lowest BCUT2D eigenvalue weighted by Crippen LogP contribution is -2.45. The van der Waals surface area contributed by atoms with Gasteiger partial charge in [-0.1, -0.05) is 12.1 Å². The van der Waals surface area contributed by atoms with Gasteiger partial charge in [0.25, 0.3) is 0 Å². The maximum atomic E-state index is 13.3. The molecule has 0 atom stereocenters. The Morgan fingerprint density at radius 1 is 1.25 bits per heavy atom. The summed E-state index contributed by atoms with van der Waals surface area (Å²) in [7, 11) is 1.36. The zero-order valence-electron chi connectivity index (χ0n) is 13.7. The first-order chi connectivity index (χ1) is 11.7. The second-order valence-electron chi connectivity index (χ2n) is 5.94. The van der Waals surface area contributed by atoms with E-state index in [1.54, 1.807) is 18.3 Å². The minimum atomic E-state index is -0.396. The van der Waals surface area contributed by atoms with E-state index in [1.807, 2.05) is 6.07 Å². The molecule has 24 heavy (non-hydrogen) atoms. The first-order valence-corrected chi connectivity index (χ1v) is 7.95. The van der Waals surface area contributed by atoms with Crippen LogP contribution in [0.4, 0.5) is 4.39 Å². The molecule has 0 amide bonds. The minimum Gasteiger partial charge on any atom is -0.464 e. The molecule has 2 aromatic rings. The second kappa shape index (κ2) is 7.55. The highest BCUT2D eigenvalue weighted by Crippen LogP contribution is 2.14. The number of esters is 1. The van der Waals surface area contributed by atoms with Crippen molar-refractivity contribution in [3.8, 4) is 0 Å². The van der Waals surface area contributed by atoms with Crippen molar-refractivity contribution in [1.82, 2.24) is 20.0 Å². The van der Waals surface area contributed by atoms with Crippen molar-refractivity contribution in [2.45, 2.75) is 13.1 Å². The molecule has 1 fully saturated rings. The molecule has 1 aliphatic heterocycles. The van der Waals surface area contributed by atoms with E-state index < -0.39 is 5.97 Å². The molecule has 0 unspecified atom stereocenters. The standard InChI is InChI=1S/C17H21FN4O2/c1-24-17(23)16-14(10-19-20-16)12-22-7-5-21(6-8-22)11-13-3-2-4-15(18)9-13/h2-4,9-10H,5-8,11-12H2,1H3,(H,19,20). The molecule has 1 aliphatic rings. The van der Waals surface area contributed by atoms with Gasteiger partial charge in [0.05, 0.1) is 13.3 Å². The Morgan fingerprint density at radius 2 is 1.96 bits per heavy atom. The number of halogens is 1. The predicted molar refractivity (Wildman–Crippen MR) is 86.9 cm³/mol. The third-order valence-electron chi connectivity index (χ3n) is 4.26. The summed E-state index contributed by atoms with van der Waals surface area (Å²) < 4.78 is 18.0. The van der Waals surface area contributed by atoms with Crippen LogP contribution in [0.5, 0.6) is 0 Å². The van der Waals surface area contributed by atoms with Crippen molar-refractivity contribution in [2.24, 2.45) is 0 Å². The molecule has 0 spiro atoms. The highest BCUT2D eigenvalue weighted by atomic mass is 19.1. The smallest absolute Gasteiger partial charge is 0.356 e. The van der Waals surface area contributed by atoms with Crippen LogP contribution in [0.1, 0.15) is 21.6 Å². The van der Waals surface area contributed by atoms with E-state index in [2.05, 4.69) is 20.0 Å². The molecule has 0 saturated carbocycles. The molecule has 0 bridgehead atoms. The maximum Gasteiger partial charge on any atom is 0.356 e. The van der Waals surface area contributed by atoms with Gasteiger partial charge in [0.15, 0.2) is 0 Å². The number of carbonyl (C=O) groups excluding carboxylic acids is 1. The van der Waals surface area contributed by atoms with Crippen LogP contribution in [0.2, 0.25) is 0 Å². The first-order valence-electron chi connectivity index (χ1n) is 7.95. The Labute approximate surface area is 140 Å². The van der Waals surface area contributed by atoms with Crippen molar-refractivity contribution in [3.63, 3.8) is 0 Å². The van der Waals surface area contributed by atoms with E-state index in [0.29, 0.717) is 12.2 Å². The fourth-order valence-electron chi connectivity index (χ4n) is 2.95. The topological polar surface area (TPSA) is 61.5 Å². The molecule has 0 aliphatic carbocycles. The van der Waals surface area contributed by atoms with Crippen LogP contribution >= 0.6 is 0 Å². The fraction of sp³-hybridized carbons (Fsp3) is 0.412.